The van der Waals surface area contributed by atoms with Crippen molar-refractivity contribution < 1.29 is 9.15 Å². The van der Waals surface area contributed by atoms with E-state index >= 15 is 0 Å². The lowest BCUT2D eigenvalue weighted by atomic mass is 10.3. The van der Waals surface area contributed by atoms with Gasteiger partial charge in [-0.2, -0.15) is 0 Å². The summed E-state index contributed by atoms with van der Waals surface area (Å²) in [5, 5.41) is 3.96. The molecule has 0 aliphatic rings. The molecule has 3 aromatic heterocycles. The van der Waals surface area contributed by atoms with Crippen molar-refractivity contribution in [1.29, 1.82) is 0 Å². The Morgan fingerprint density at radius 1 is 1.22 bits per heavy atom. The van der Waals surface area contributed by atoms with Crippen LogP contribution >= 0.6 is 34.5 Å². The number of nitrogens with zero attached hydrogens (tertiary/aromatic N) is 2. The van der Waals surface area contributed by atoms with Gasteiger partial charge in [-0.05, 0) is 18.2 Å². The van der Waals surface area contributed by atoms with Crippen LogP contribution in [0, 0.1) is 0 Å². The van der Waals surface area contributed by atoms with Crippen molar-refractivity contribution >= 4 is 45.6 Å². The van der Waals surface area contributed by atoms with Crippen LogP contribution in [-0.4, -0.2) is 9.55 Å². The van der Waals surface area contributed by atoms with Crippen molar-refractivity contribution in [2.75, 3.05) is 0 Å². The molecule has 4 nitrogen and oxygen atoms in total. The lowest BCUT2D eigenvalue weighted by Gasteiger charge is -2.02. The Kier molecular flexibility index (Phi) is 3.77. The van der Waals surface area contributed by atoms with E-state index < -0.39 is 0 Å². The van der Waals surface area contributed by atoms with Crippen LogP contribution in [0.15, 0.2) is 52.9 Å². The summed E-state index contributed by atoms with van der Waals surface area (Å²) in [5.41, 5.74) is 2.70. The Bertz CT molecular complexity index is 960. The number of aromatic nitrogens is 2. The third kappa shape index (κ3) is 2.83. The molecule has 7 heteroatoms. The predicted molar refractivity (Wildman–Crippen MR) is 92.0 cm³/mol. The van der Waals surface area contributed by atoms with Gasteiger partial charge in [-0.1, -0.05) is 23.2 Å². The fourth-order valence-electron chi connectivity index (χ4n) is 2.23. The fraction of sp³-hybridized carbons (Fsp3) is 0.0625. The summed E-state index contributed by atoms with van der Waals surface area (Å²) < 4.78 is 12.7. The van der Waals surface area contributed by atoms with Crippen molar-refractivity contribution in [3.05, 3.63) is 64.1 Å². The number of fused-ring (bicyclic) bond motifs is 1. The fourth-order valence-corrected chi connectivity index (χ4v) is 3.36. The van der Waals surface area contributed by atoms with Gasteiger partial charge in [0.1, 0.15) is 23.7 Å². The summed E-state index contributed by atoms with van der Waals surface area (Å²) in [7, 11) is 0. The molecule has 0 spiro atoms. The number of benzene rings is 1. The van der Waals surface area contributed by atoms with Gasteiger partial charge in [0.05, 0.1) is 33.6 Å². The van der Waals surface area contributed by atoms with E-state index in [9.17, 15) is 0 Å². The molecule has 0 aliphatic heterocycles. The highest BCUT2D eigenvalue weighted by atomic mass is 35.5. The largest absolute Gasteiger partial charge is 0.488 e. The molecule has 4 rings (SSSR count). The monoisotopic (exact) mass is 364 g/mol. The molecule has 3 heterocycles. The number of halogens is 2. The molecule has 0 radical (unpaired) electrons. The highest BCUT2D eigenvalue weighted by molar-refractivity contribution is 7.12. The zero-order valence-corrected chi connectivity index (χ0v) is 14.0. The smallest absolute Gasteiger partial charge is 0.132 e. The van der Waals surface area contributed by atoms with E-state index in [4.69, 9.17) is 32.4 Å². The Morgan fingerprint density at radius 3 is 2.91 bits per heavy atom. The summed E-state index contributed by atoms with van der Waals surface area (Å²) in [6, 6.07) is 7.42. The first kappa shape index (κ1) is 14.6. The van der Waals surface area contributed by atoms with E-state index in [1.165, 1.54) is 0 Å². The normalized spacial score (nSPS) is 11.2. The summed E-state index contributed by atoms with van der Waals surface area (Å²) in [6.45, 7) is 0.471. The third-order valence-electron chi connectivity index (χ3n) is 3.37. The second kappa shape index (κ2) is 5.92. The average Bonchev–Trinajstić information content (AvgIpc) is 3.25. The zero-order chi connectivity index (χ0) is 15.8. The summed E-state index contributed by atoms with van der Waals surface area (Å²) in [6.07, 6.45) is 5.05. The molecule has 0 bridgehead atoms. The van der Waals surface area contributed by atoms with Gasteiger partial charge in [-0.25, -0.2) is 4.98 Å². The average molecular weight is 365 g/mol. The van der Waals surface area contributed by atoms with E-state index in [1.54, 1.807) is 36.3 Å². The first-order chi connectivity index (χ1) is 11.2. The third-order valence-corrected chi connectivity index (χ3v) is 5.00. The molecule has 0 amide bonds. The lowest BCUT2D eigenvalue weighted by molar-refractivity contribution is 0.306. The number of thiophene rings is 1. The van der Waals surface area contributed by atoms with Gasteiger partial charge in [-0.15, -0.1) is 11.3 Å². The first-order valence-electron chi connectivity index (χ1n) is 6.75. The molecule has 0 aliphatic carbocycles. The van der Waals surface area contributed by atoms with Crippen molar-refractivity contribution in [3.8, 4) is 10.8 Å². The van der Waals surface area contributed by atoms with Crippen LogP contribution < -0.4 is 4.74 Å². The first-order valence-corrected chi connectivity index (χ1v) is 8.39. The number of hydrogen-bond donors (Lipinski definition) is 0. The maximum atomic E-state index is 6.11. The number of ether oxygens (including phenoxy) is 1. The molecule has 0 saturated heterocycles. The van der Waals surface area contributed by atoms with Crippen molar-refractivity contribution in [1.82, 2.24) is 9.55 Å². The molecule has 0 N–H and O–H groups in total. The van der Waals surface area contributed by atoms with Crippen molar-refractivity contribution in [2.45, 2.75) is 6.61 Å². The summed E-state index contributed by atoms with van der Waals surface area (Å²) >= 11 is 13.7. The summed E-state index contributed by atoms with van der Waals surface area (Å²) in [5.74, 6) is 0.799. The Morgan fingerprint density at radius 2 is 2.09 bits per heavy atom. The van der Waals surface area contributed by atoms with Crippen LogP contribution in [0.5, 0.6) is 5.75 Å². The SMILES string of the molecule is Clc1cc2ncn(-c3cc(OCc4ccoc4)cs3)c2cc1Cl. The molecule has 0 atom stereocenters. The molecule has 0 fully saturated rings. The van der Waals surface area contributed by atoms with Gasteiger partial charge in [0.25, 0.3) is 0 Å². The maximum absolute atomic E-state index is 6.11. The number of furan rings is 1. The van der Waals surface area contributed by atoms with Crippen LogP contribution in [0.4, 0.5) is 0 Å². The van der Waals surface area contributed by atoms with Gasteiger partial charge < -0.3 is 9.15 Å². The molecule has 1 aromatic carbocycles. The molecule has 0 unspecified atom stereocenters. The van der Waals surface area contributed by atoms with Gasteiger partial charge in [0, 0.05) is 17.0 Å². The molecule has 116 valence electrons. The van der Waals surface area contributed by atoms with Gasteiger partial charge in [0.15, 0.2) is 0 Å². The Balaban J connectivity index is 1.62. The highest BCUT2D eigenvalue weighted by Crippen LogP contribution is 2.32. The van der Waals surface area contributed by atoms with E-state index in [0.29, 0.717) is 16.7 Å². The van der Waals surface area contributed by atoms with Crippen molar-refractivity contribution in [3.63, 3.8) is 0 Å². The van der Waals surface area contributed by atoms with Crippen LogP contribution in [0.25, 0.3) is 16.0 Å². The van der Waals surface area contributed by atoms with Crippen LogP contribution in [0.3, 0.4) is 0 Å². The van der Waals surface area contributed by atoms with Crippen LogP contribution in [-0.2, 0) is 6.61 Å². The van der Waals surface area contributed by atoms with Crippen LogP contribution in [0.2, 0.25) is 10.0 Å². The van der Waals surface area contributed by atoms with E-state index in [0.717, 1.165) is 27.3 Å². The Hall–Kier alpha value is -1.95. The lowest BCUT2D eigenvalue weighted by Crippen LogP contribution is -1.92. The van der Waals surface area contributed by atoms with E-state index in [2.05, 4.69) is 4.98 Å². The molecule has 0 saturated carbocycles. The second-order valence-corrected chi connectivity index (χ2v) is 6.61. The molecule has 23 heavy (non-hydrogen) atoms. The number of imidazole rings is 1. The van der Waals surface area contributed by atoms with Crippen molar-refractivity contribution in [2.24, 2.45) is 0 Å². The number of hydrogen-bond acceptors (Lipinski definition) is 4. The van der Waals surface area contributed by atoms with E-state index in [1.807, 2.05) is 28.1 Å². The van der Waals surface area contributed by atoms with E-state index in [-0.39, 0.29) is 0 Å². The predicted octanol–water partition coefficient (Wildman–Crippen LogP) is 5.57. The maximum Gasteiger partial charge on any atom is 0.132 e. The zero-order valence-electron chi connectivity index (χ0n) is 11.7. The highest BCUT2D eigenvalue weighted by Gasteiger charge is 2.10. The second-order valence-electron chi connectivity index (χ2n) is 4.91. The molecular formula is C16H10Cl2N2O2S. The Labute approximate surface area is 145 Å². The summed E-state index contributed by atoms with van der Waals surface area (Å²) in [4.78, 5) is 4.37. The number of rotatable bonds is 4. The standard InChI is InChI=1S/C16H10Cl2N2O2S/c17-12-4-14-15(5-13(12)18)20(9-19-14)16-3-11(8-23-16)22-7-10-1-2-21-6-10/h1-6,8-9H,7H2. The van der Waals surface area contributed by atoms with Crippen LogP contribution in [0.1, 0.15) is 5.56 Å². The van der Waals surface area contributed by atoms with Gasteiger partial charge in [0.2, 0.25) is 0 Å². The molecular weight excluding hydrogens is 355 g/mol. The van der Waals surface area contributed by atoms with Gasteiger partial charge >= 0.3 is 0 Å². The minimum atomic E-state index is 0.471. The molecule has 4 aromatic rings. The minimum absolute atomic E-state index is 0.471. The quantitative estimate of drug-likeness (QED) is 0.475. The minimum Gasteiger partial charge on any atom is -0.488 e. The topological polar surface area (TPSA) is 40.2 Å². The van der Waals surface area contributed by atoms with Gasteiger partial charge in [-0.3, -0.25) is 4.57 Å².